The van der Waals surface area contributed by atoms with Crippen LogP contribution in [-0.2, 0) is 14.3 Å². The van der Waals surface area contributed by atoms with Gasteiger partial charge >= 0.3 is 5.97 Å². The fourth-order valence-electron chi connectivity index (χ4n) is 2.20. The predicted octanol–water partition coefficient (Wildman–Crippen LogP) is 2.29. The lowest BCUT2D eigenvalue weighted by Gasteiger charge is -2.16. The Kier molecular flexibility index (Phi) is 7.61. The Morgan fingerprint density at radius 1 is 1.08 bits per heavy atom. The van der Waals surface area contributed by atoms with Crippen LogP contribution in [0.2, 0.25) is 0 Å². The number of amides is 2. The number of esters is 1. The summed E-state index contributed by atoms with van der Waals surface area (Å²) >= 11 is 0. The van der Waals surface area contributed by atoms with Crippen molar-refractivity contribution in [1.29, 1.82) is 0 Å². The smallest absolute Gasteiger partial charge is 0.338 e. The highest BCUT2D eigenvalue weighted by molar-refractivity contribution is 5.93. The maximum Gasteiger partial charge on any atom is 0.338 e. The maximum atomic E-state index is 12.3. The van der Waals surface area contributed by atoms with Gasteiger partial charge < -0.3 is 15.0 Å². The van der Waals surface area contributed by atoms with Crippen LogP contribution in [0.15, 0.2) is 18.2 Å². The number of benzene rings is 1. The molecule has 25 heavy (non-hydrogen) atoms. The second kappa shape index (κ2) is 9.20. The SMILES string of the molecule is CC(C)c1ccc(C(=O)OCC(=O)NCC(=O)N(C)C)c(C(C)C)c1. The predicted molar refractivity (Wildman–Crippen MR) is 96.6 cm³/mol. The van der Waals surface area contributed by atoms with E-state index < -0.39 is 18.5 Å². The van der Waals surface area contributed by atoms with E-state index in [9.17, 15) is 14.4 Å². The number of carbonyl (C=O) groups excluding carboxylic acids is 3. The molecule has 6 heteroatoms. The molecule has 2 amide bonds. The number of hydrogen-bond acceptors (Lipinski definition) is 4. The molecule has 0 aromatic heterocycles. The van der Waals surface area contributed by atoms with E-state index in [0.29, 0.717) is 11.5 Å². The summed E-state index contributed by atoms with van der Waals surface area (Å²) in [5.41, 5.74) is 2.52. The van der Waals surface area contributed by atoms with E-state index in [1.54, 1.807) is 20.2 Å². The summed E-state index contributed by atoms with van der Waals surface area (Å²) in [7, 11) is 3.20. The fraction of sp³-hybridized carbons (Fsp3) is 0.526. The molecule has 138 valence electrons. The number of carbonyl (C=O) groups is 3. The normalized spacial score (nSPS) is 10.7. The summed E-state index contributed by atoms with van der Waals surface area (Å²) in [5.74, 6) is -0.747. The van der Waals surface area contributed by atoms with Gasteiger partial charge in [0.2, 0.25) is 5.91 Å². The molecule has 1 N–H and O–H groups in total. The molecule has 0 atom stereocenters. The average molecular weight is 348 g/mol. The van der Waals surface area contributed by atoms with Gasteiger partial charge in [-0.05, 0) is 29.0 Å². The lowest BCUT2D eigenvalue weighted by molar-refractivity contribution is -0.131. The van der Waals surface area contributed by atoms with Gasteiger partial charge in [0, 0.05) is 14.1 Å². The largest absolute Gasteiger partial charge is 0.452 e. The molecule has 1 aromatic rings. The summed E-state index contributed by atoms with van der Waals surface area (Å²) in [4.78, 5) is 36.8. The highest BCUT2D eigenvalue weighted by atomic mass is 16.5. The van der Waals surface area contributed by atoms with Gasteiger partial charge in [0.25, 0.3) is 5.91 Å². The second-order valence-electron chi connectivity index (χ2n) is 6.80. The lowest BCUT2D eigenvalue weighted by Crippen LogP contribution is -2.38. The molecule has 6 nitrogen and oxygen atoms in total. The third-order valence-corrected chi connectivity index (χ3v) is 3.85. The highest BCUT2D eigenvalue weighted by Crippen LogP contribution is 2.25. The molecular weight excluding hydrogens is 320 g/mol. The number of rotatable bonds is 7. The van der Waals surface area contributed by atoms with Crippen molar-refractivity contribution in [3.8, 4) is 0 Å². The standard InChI is InChI=1S/C19H28N2O4/c1-12(2)14-7-8-15(16(9-14)13(3)4)19(24)25-11-17(22)20-10-18(23)21(5)6/h7-9,12-13H,10-11H2,1-6H3,(H,20,22). The van der Waals surface area contributed by atoms with Crippen LogP contribution in [-0.4, -0.2) is 49.9 Å². The summed E-state index contributed by atoms with van der Waals surface area (Å²) in [6.07, 6.45) is 0. The number of nitrogens with zero attached hydrogens (tertiary/aromatic N) is 1. The van der Waals surface area contributed by atoms with Gasteiger partial charge in [-0.25, -0.2) is 4.79 Å². The molecular formula is C19H28N2O4. The minimum absolute atomic E-state index is 0.121. The van der Waals surface area contributed by atoms with Crippen molar-refractivity contribution >= 4 is 17.8 Å². The van der Waals surface area contributed by atoms with Gasteiger partial charge in [-0.2, -0.15) is 0 Å². The molecule has 0 spiro atoms. The molecule has 0 radical (unpaired) electrons. The molecule has 0 saturated heterocycles. The van der Waals surface area contributed by atoms with Gasteiger partial charge in [0.1, 0.15) is 0 Å². The highest BCUT2D eigenvalue weighted by Gasteiger charge is 2.18. The van der Waals surface area contributed by atoms with Crippen LogP contribution in [0, 0.1) is 0 Å². The van der Waals surface area contributed by atoms with Gasteiger partial charge in [0.05, 0.1) is 12.1 Å². The van der Waals surface area contributed by atoms with E-state index >= 15 is 0 Å². The first-order chi connectivity index (χ1) is 11.6. The quantitative estimate of drug-likeness (QED) is 0.767. The van der Waals surface area contributed by atoms with E-state index in [2.05, 4.69) is 19.2 Å². The zero-order valence-corrected chi connectivity index (χ0v) is 15.9. The summed E-state index contributed by atoms with van der Waals surface area (Å²) < 4.78 is 5.10. The van der Waals surface area contributed by atoms with Crippen molar-refractivity contribution in [3.63, 3.8) is 0 Å². The van der Waals surface area contributed by atoms with Gasteiger partial charge in [-0.15, -0.1) is 0 Å². The van der Waals surface area contributed by atoms with E-state index in [1.165, 1.54) is 4.90 Å². The topological polar surface area (TPSA) is 75.7 Å². The van der Waals surface area contributed by atoms with Crippen molar-refractivity contribution in [2.24, 2.45) is 0 Å². The van der Waals surface area contributed by atoms with Crippen LogP contribution >= 0.6 is 0 Å². The molecule has 0 aliphatic heterocycles. The van der Waals surface area contributed by atoms with Crippen LogP contribution in [0.25, 0.3) is 0 Å². The lowest BCUT2D eigenvalue weighted by atomic mass is 9.91. The Labute approximate surface area is 149 Å². The first-order valence-corrected chi connectivity index (χ1v) is 8.41. The summed E-state index contributed by atoms with van der Waals surface area (Å²) in [6, 6.07) is 5.67. The van der Waals surface area contributed by atoms with Crippen LogP contribution in [0.5, 0.6) is 0 Å². The van der Waals surface area contributed by atoms with Crippen LogP contribution in [0.1, 0.15) is 61.0 Å². The molecule has 0 aliphatic rings. The summed E-state index contributed by atoms with van der Waals surface area (Å²) in [5, 5.41) is 2.42. The molecule has 1 rings (SSSR count). The van der Waals surface area contributed by atoms with E-state index in [-0.39, 0.29) is 18.4 Å². The summed E-state index contributed by atoms with van der Waals surface area (Å²) in [6.45, 7) is 7.67. The number of ether oxygens (including phenoxy) is 1. The monoisotopic (exact) mass is 348 g/mol. The number of nitrogens with one attached hydrogen (secondary N) is 1. The molecule has 0 fully saturated rings. The zero-order valence-electron chi connectivity index (χ0n) is 15.9. The van der Waals surface area contributed by atoms with Crippen LogP contribution in [0.4, 0.5) is 0 Å². The maximum absolute atomic E-state index is 12.3. The first kappa shape index (κ1) is 20.7. The van der Waals surface area contributed by atoms with Crippen molar-refractivity contribution in [1.82, 2.24) is 10.2 Å². The Balaban J connectivity index is 2.71. The van der Waals surface area contributed by atoms with Crippen molar-refractivity contribution in [3.05, 3.63) is 34.9 Å². The van der Waals surface area contributed by atoms with Gasteiger partial charge in [0.15, 0.2) is 6.61 Å². The zero-order chi connectivity index (χ0) is 19.1. The minimum atomic E-state index is -0.534. The van der Waals surface area contributed by atoms with E-state index in [1.807, 2.05) is 26.0 Å². The number of likely N-dealkylation sites (N-methyl/N-ethyl adjacent to an activating group) is 1. The van der Waals surface area contributed by atoms with Crippen LogP contribution in [0.3, 0.4) is 0 Å². The molecule has 0 heterocycles. The first-order valence-electron chi connectivity index (χ1n) is 8.41. The molecule has 0 bridgehead atoms. The van der Waals surface area contributed by atoms with Crippen molar-refractivity contribution in [2.75, 3.05) is 27.2 Å². The molecule has 0 aliphatic carbocycles. The fourth-order valence-corrected chi connectivity index (χ4v) is 2.20. The Hall–Kier alpha value is -2.37. The van der Waals surface area contributed by atoms with E-state index in [4.69, 9.17) is 4.74 Å². The van der Waals surface area contributed by atoms with E-state index in [0.717, 1.165) is 11.1 Å². The average Bonchev–Trinajstić information content (AvgIpc) is 2.56. The van der Waals surface area contributed by atoms with Gasteiger partial charge in [-0.1, -0.05) is 39.8 Å². The second-order valence-corrected chi connectivity index (χ2v) is 6.80. The third-order valence-electron chi connectivity index (χ3n) is 3.85. The minimum Gasteiger partial charge on any atom is -0.452 e. The van der Waals surface area contributed by atoms with Crippen molar-refractivity contribution in [2.45, 2.75) is 39.5 Å². The Morgan fingerprint density at radius 3 is 2.24 bits per heavy atom. The Morgan fingerprint density at radius 2 is 1.72 bits per heavy atom. The third kappa shape index (κ3) is 6.21. The van der Waals surface area contributed by atoms with Crippen molar-refractivity contribution < 1.29 is 19.1 Å². The molecule has 1 aromatic carbocycles. The Bertz CT molecular complexity index is 636. The molecule has 0 unspecified atom stereocenters. The number of hydrogen-bond donors (Lipinski definition) is 1. The van der Waals surface area contributed by atoms with Crippen LogP contribution < -0.4 is 5.32 Å². The molecule has 0 saturated carbocycles. The van der Waals surface area contributed by atoms with Gasteiger partial charge in [-0.3, -0.25) is 9.59 Å².